The fourth-order valence-electron chi connectivity index (χ4n) is 1.33. The zero-order valence-electron chi connectivity index (χ0n) is 9.16. The quantitative estimate of drug-likeness (QED) is 0.839. The van der Waals surface area contributed by atoms with E-state index >= 15 is 0 Å². The molecular formula is C10H9N5O2S. The van der Waals surface area contributed by atoms with Crippen LogP contribution in [-0.4, -0.2) is 23.6 Å². The van der Waals surface area contributed by atoms with Gasteiger partial charge in [0, 0.05) is 0 Å². The molecule has 0 amide bonds. The van der Waals surface area contributed by atoms with Crippen LogP contribution >= 0.6 is 0 Å². The standard InChI is InChI=1S/C10H9N5O2S/c11-5-8-1-3-9(4-2-8)6-18(16,17)15-10-12-7-13-14-10/h1-4,7H,6H2,(H2,12,13,14,15). The van der Waals surface area contributed by atoms with Crippen molar-refractivity contribution in [3.05, 3.63) is 41.7 Å². The van der Waals surface area contributed by atoms with Crippen LogP contribution in [0.25, 0.3) is 0 Å². The highest BCUT2D eigenvalue weighted by Gasteiger charge is 2.13. The fraction of sp³-hybridized carbons (Fsp3) is 0.100. The Kier molecular flexibility index (Phi) is 3.25. The minimum Gasteiger partial charge on any atom is -0.251 e. The van der Waals surface area contributed by atoms with Gasteiger partial charge in [-0.3, -0.25) is 4.72 Å². The summed E-state index contributed by atoms with van der Waals surface area (Å²) in [7, 11) is -3.54. The van der Waals surface area contributed by atoms with Gasteiger partial charge in [-0.05, 0) is 17.7 Å². The van der Waals surface area contributed by atoms with Crippen molar-refractivity contribution < 1.29 is 8.42 Å². The fourth-order valence-corrected chi connectivity index (χ4v) is 2.43. The minimum atomic E-state index is -3.54. The van der Waals surface area contributed by atoms with E-state index in [1.165, 1.54) is 6.33 Å². The number of nitrogens with zero attached hydrogens (tertiary/aromatic N) is 3. The normalized spacial score (nSPS) is 10.8. The number of aromatic amines is 1. The molecule has 2 N–H and O–H groups in total. The van der Waals surface area contributed by atoms with Gasteiger partial charge in [0.2, 0.25) is 16.0 Å². The third-order valence-corrected chi connectivity index (χ3v) is 3.32. The van der Waals surface area contributed by atoms with E-state index in [0.717, 1.165) is 0 Å². The molecule has 0 aliphatic carbocycles. The predicted octanol–water partition coefficient (Wildman–Crippen LogP) is 0.618. The van der Waals surface area contributed by atoms with Crippen LogP contribution < -0.4 is 4.72 Å². The monoisotopic (exact) mass is 263 g/mol. The number of benzene rings is 1. The molecule has 1 aromatic heterocycles. The lowest BCUT2D eigenvalue weighted by atomic mass is 10.2. The number of anilines is 1. The molecule has 1 aromatic carbocycles. The third kappa shape index (κ3) is 3.05. The van der Waals surface area contributed by atoms with E-state index in [4.69, 9.17) is 5.26 Å². The predicted molar refractivity (Wildman–Crippen MR) is 63.8 cm³/mol. The maximum Gasteiger partial charge on any atom is 0.239 e. The first-order valence-corrected chi connectivity index (χ1v) is 6.59. The van der Waals surface area contributed by atoms with Crippen LogP contribution in [0, 0.1) is 11.3 Å². The second kappa shape index (κ2) is 4.85. The van der Waals surface area contributed by atoms with Crippen LogP contribution in [0.1, 0.15) is 11.1 Å². The van der Waals surface area contributed by atoms with Crippen molar-refractivity contribution in [3.8, 4) is 6.07 Å². The summed E-state index contributed by atoms with van der Waals surface area (Å²) in [4.78, 5) is 3.67. The maximum absolute atomic E-state index is 11.8. The molecule has 0 atom stereocenters. The highest BCUT2D eigenvalue weighted by atomic mass is 32.2. The molecule has 0 fully saturated rings. The van der Waals surface area contributed by atoms with Gasteiger partial charge >= 0.3 is 0 Å². The van der Waals surface area contributed by atoms with Gasteiger partial charge in [0.25, 0.3) is 0 Å². The summed E-state index contributed by atoms with van der Waals surface area (Å²) in [6.07, 6.45) is 1.21. The SMILES string of the molecule is N#Cc1ccc(CS(=O)(=O)Nc2ncn[nH]2)cc1. The van der Waals surface area contributed by atoms with Gasteiger partial charge in [-0.25, -0.2) is 13.5 Å². The van der Waals surface area contributed by atoms with Crippen molar-refractivity contribution >= 4 is 16.0 Å². The van der Waals surface area contributed by atoms with Crippen molar-refractivity contribution in [1.29, 1.82) is 5.26 Å². The summed E-state index contributed by atoms with van der Waals surface area (Å²) in [6.45, 7) is 0. The number of sulfonamides is 1. The van der Waals surface area contributed by atoms with E-state index in [1.807, 2.05) is 6.07 Å². The minimum absolute atomic E-state index is 0.0728. The van der Waals surface area contributed by atoms with Crippen LogP contribution in [0.2, 0.25) is 0 Å². The largest absolute Gasteiger partial charge is 0.251 e. The number of nitriles is 1. The molecular weight excluding hydrogens is 254 g/mol. The number of hydrogen-bond acceptors (Lipinski definition) is 5. The molecule has 18 heavy (non-hydrogen) atoms. The van der Waals surface area contributed by atoms with Crippen molar-refractivity contribution in [1.82, 2.24) is 15.2 Å². The average molecular weight is 263 g/mol. The van der Waals surface area contributed by atoms with Crippen LogP contribution in [0.4, 0.5) is 5.95 Å². The summed E-state index contributed by atoms with van der Waals surface area (Å²) < 4.78 is 25.8. The van der Waals surface area contributed by atoms with Crippen molar-refractivity contribution in [2.24, 2.45) is 0 Å². The molecule has 0 saturated heterocycles. The Balaban J connectivity index is 2.10. The summed E-state index contributed by atoms with van der Waals surface area (Å²) in [5.41, 5.74) is 1.07. The highest BCUT2D eigenvalue weighted by molar-refractivity contribution is 7.91. The van der Waals surface area contributed by atoms with Gasteiger partial charge in [0.05, 0.1) is 17.4 Å². The zero-order chi connectivity index (χ0) is 13.0. The van der Waals surface area contributed by atoms with Gasteiger partial charge in [0.15, 0.2) is 0 Å². The Bertz CT molecular complexity index is 655. The molecule has 0 bridgehead atoms. The Labute approximate surface area is 104 Å². The first-order valence-electron chi connectivity index (χ1n) is 4.94. The van der Waals surface area contributed by atoms with E-state index in [2.05, 4.69) is 19.9 Å². The lowest BCUT2D eigenvalue weighted by Gasteiger charge is -2.04. The Morgan fingerprint density at radius 3 is 2.61 bits per heavy atom. The van der Waals surface area contributed by atoms with E-state index in [1.54, 1.807) is 24.3 Å². The van der Waals surface area contributed by atoms with E-state index in [9.17, 15) is 8.42 Å². The third-order valence-electron chi connectivity index (χ3n) is 2.11. The van der Waals surface area contributed by atoms with Crippen molar-refractivity contribution in [2.45, 2.75) is 5.75 Å². The number of hydrogen-bond donors (Lipinski definition) is 2. The number of aromatic nitrogens is 3. The van der Waals surface area contributed by atoms with Crippen molar-refractivity contribution in [3.63, 3.8) is 0 Å². The second-order valence-electron chi connectivity index (χ2n) is 3.50. The molecule has 1 heterocycles. The van der Waals surface area contributed by atoms with E-state index in [0.29, 0.717) is 11.1 Å². The average Bonchev–Trinajstić information content (AvgIpc) is 2.81. The summed E-state index contributed by atoms with van der Waals surface area (Å²) in [5.74, 6) is -0.122. The highest BCUT2D eigenvalue weighted by Crippen LogP contribution is 2.09. The molecule has 7 nitrogen and oxygen atoms in total. The van der Waals surface area contributed by atoms with Crippen molar-refractivity contribution in [2.75, 3.05) is 4.72 Å². The molecule has 0 aliphatic heterocycles. The molecule has 0 aliphatic rings. The second-order valence-corrected chi connectivity index (χ2v) is 5.23. The van der Waals surface area contributed by atoms with Crippen LogP contribution in [-0.2, 0) is 15.8 Å². The van der Waals surface area contributed by atoms with E-state index in [-0.39, 0.29) is 11.7 Å². The van der Waals surface area contributed by atoms with Crippen LogP contribution in [0.5, 0.6) is 0 Å². The zero-order valence-corrected chi connectivity index (χ0v) is 9.98. The van der Waals surface area contributed by atoms with Gasteiger partial charge in [0.1, 0.15) is 6.33 Å². The molecule has 0 unspecified atom stereocenters. The van der Waals surface area contributed by atoms with Crippen LogP contribution in [0.3, 0.4) is 0 Å². The molecule has 0 spiro atoms. The topological polar surface area (TPSA) is 112 Å². The first-order chi connectivity index (χ1) is 8.59. The molecule has 8 heteroatoms. The van der Waals surface area contributed by atoms with Gasteiger partial charge in [-0.1, -0.05) is 12.1 Å². The Morgan fingerprint density at radius 2 is 2.06 bits per heavy atom. The lowest BCUT2D eigenvalue weighted by Crippen LogP contribution is -2.16. The maximum atomic E-state index is 11.8. The molecule has 0 saturated carbocycles. The molecule has 92 valence electrons. The molecule has 0 radical (unpaired) electrons. The van der Waals surface area contributed by atoms with Gasteiger partial charge in [-0.15, -0.1) is 0 Å². The first kappa shape index (κ1) is 12.1. The molecule has 2 aromatic rings. The number of rotatable bonds is 4. The molecule has 2 rings (SSSR count). The number of H-pyrrole nitrogens is 1. The smallest absolute Gasteiger partial charge is 0.239 e. The van der Waals surface area contributed by atoms with Crippen LogP contribution in [0.15, 0.2) is 30.6 Å². The Hall–Kier alpha value is -2.40. The van der Waals surface area contributed by atoms with Gasteiger partial charge in [-0.2, -0.15) is 15.3 Å². The van der Waals surface area contributed by atoms with Gasteiger partial charge < -0.3 is 0 Å². The Morgan fingerprint density at radius 1 is 1.33 bits per heavy atom. The summed E-state index contributed by atoms with van der Waals surface area (Å²) >= 11 is 0. The summed E-state index contributed by atoms with van der Waals surface area (Å²) in [5, 5.41) is 14.6. The lowest BCUT2D eigenvalue weighted by molar-refractivity contribution is 0.600. The number of nitrogens with one attached hydrogen (secondary N) is 2. The van der Waals surface area contributed by atoms with E-state index < -0.39 is 10.0 Å². The summed E-state index contributed by atoms with van der Waals surface area (Å²) in [6, 6.07) is 8.29.